The van der Waals surface area contributed by atoms with Crippen molar-refractivity contribution < 1.29 is 4.74 Å². The summed E-state index contributed by atoms with van der Waals surface area (Å²) in [5, 5.41) is 1.27. The second-order valence-electron chi connectivity index (χ2n) is 4.99. The summed E-state index contributed by atoms with van der Waals surface area (Å²) in [6.07, 6.45) is 2.41. The Hall–Kier alpha value is -1.48. The minimum absolute atomic E-state index is 0.217. The van der Waals surface area contributed by atoms with Gasteiger partial charge in [-0.15, -0.1) is 0 Å². The normalized spacial score (nSPS) is 17.4. The summed E-state index contributed by atoms with van der Waals surface area (Å²) >= 11 is 0. The summed E-state index contributed by atoms with van der Waals surface area (Å²) in [6, 6.07) is 6.20. The molecule has 1 aromatic heterocycles. The van der Waals surface area contributed by atoms with Crippen LogP contribution in [0.1, 0.15) is 24.1 Å². The van der Waals surface area contributed by atoms with Crippen molar-refractivity contribution in [3.05, 3.63) is 29.5 Å². The van der Waals surface area contributed by atoms with Gasteiger partial charge in [0, 0.05) is 23.0 Å². The van der Waals surface area contributed by atoms with E-state index in [9.17, 15) is 0 Å². The Morgan fingerprint density at radius 2 is 2.18 bits per heavy atom. The van der Waals surface area contributed by atoms with Gasteiger partial charge in [0.15, 0.2) is 0 Å². The molecule has 0 aliphatic heterocycles. The smallest absolute Gasteiger partial charge is 0.142 e. The topological polar surface area (TPSA) is 51.0 Å². The van der Waals surface area contributed by atoms with Crippen LogP contribution in [0.15, 0.2) is 18.2 Å². The molecule has 1 heterocycles. The van der Waals surface area contributed by atoms with Crippen LogP contribution in [0.4, 0.5) is 0 Å². The van der Waals surface area contributed by atoms with E-state index in [1.54, 1.807) is 7.11 Å². The first kappa shape index (κ1) is 10.7. The molecule has 2 aromatic rings. The van der Waals surface area contributed by atoms with E-state index < -0.39 is 0 Å². The maximum absolute atomic E-state index is 5.95. The highest BCUT2D eigenvalue weighted by Crippen LogP contribution is 2.51. The lowest BCUT2D eigenvalue weighted by Gasteiger charge is -2.13. The van der Waals surface area contributed by atoms with Crippen LogP contribution in [0.2, 0.25) is 0 Å². The summed E-state index contributed by atoms with van der Waals surface area (Å²) in [4.78, 5) is 3.45. The van der Waals surface area contributed by atoms with Crippen LogP contribution >= 0.6 is 0 Å². The number of nitrogens with two attached hydrogens (primary N) is 1. The molecular formula is C14H18N2O. The van der Waals surface area contributed by atoms with E-state index in [2.05, 4.69) is 18.0 Å². The van der Waals surface area contributed by atoms with E-state index in [1.165, 1.54) is 29.5 Å². The van der Waals surface area contributed by atoms with Gasteiger partial charge in [-0.25, -0.2) is 0 Å². The van der Waals surface area contributed by atoms with Crippen molar-refractivity contribution in [1.29, 1.82) is 0 Å². The molecule has 0 atom stereocenters. The lowest BCUT2D eigenvalue weighted by molar-refractivity contribution is 0.419. The number of H-pyrrole nitrogens is 1. The van der Waals surface area contributed by atoms with E-state index in [0.29, 0.717) is 0 Å². The molecule has 0 saturated heterocycles. The Morgan fingerprint density at radius 1 is 1.41 bits per heavy atom. The molecule has 3 N–H and O–H groups in total. The average molecular weight is 230 g/mol. The van der Waals surface area contributed by atoms with Crippen LogP contribution in [0.3, 0.4) is 0 Å². The molecule has 3 heteroatoms. The van der Waals surface area contributed by atoms with Crippen LogP contribution in [0.5, 0.6) is 5.75 Å². The fraction of sp³-hybridized carbons (Fsp3) is 0.429. The first-order valence-corrected chi connectivity index (χ1v) is 6.08. The number of fused-ring (bicyclic) bond motifs is 1. The maximum atomic E-state index is 5.95. The zero-order chi connectivity index (χ0) is 12.0. The molecule has 1 aromatic carbocycles. The minimum atomic E-state index is 0.217. The highest BCUT2D eigenvalue weighted by atomic mass is 16.5. The molecule has 17 heavy (non-hydrogen) atoms. The molecular weight excluding hydrogens is 212 g/mol. The van der Waals surface area contributed by atoms with Crippen LogP contribution in [-0.2, 0) is 5.41 Å². The zero-order valence-corrected chi connectivity index (χ0v) is 10.3. The van der Waals surface area contributed by atoms with E-state index >= 15 is 0 Å². The number of methoxy groups -OCH3 is 1. The van der Waals surface area contributed by atoms with Gasteiger partial charge < -0.3 is 15.5 Å². The standard InChI is InChI=1S/C14H18N2O/c1-9-12(14(8-15)6-7-14)10-4-3-5-11(17-2)13(10)16-9/h3-5,16H,6-8,15H2,1-2H3. The van der Waals surface area contributed by atoms with Crippen LogP contribution in [-0.4, -0.2) is 18.6 Å². The number of nitrogens with one attached hydrogen (secondary N) is 1. The van der Waals surface area contributed by atoms with Crippen LogP contribution < -0.4 is 10.5 Å². The number of aromatic nitrogens is 1. The van der Waals surface area contributed by atoms with Gasteiger partial charge in [-0.3, -0.25) is 0 Å². The van der Waals surface area contributed by atoms with Crippen molar-refractivity contribution >= 4 is 10.9 Å². The lowest BCUT2D eigenvalue weighted by Crippen LogP contribution is -2.20. The Balaban J connectivity index is 2.29. The van der Waals surface area contributed by atoms with E-state index in [4.69, 9.17) is 10.5 Å². The van der Waals surface area contributed by atoms with Gasteiger partial charge in [0.05, 0.1) is 12.6 Å². The number of ether oxygens (including phenoxy) is 1. The third-order valence-electron chi connectivity index (χ3n) is 3.98. The molecule has 1 saturated carbocycles. The van der Waals surface area contributed by atoms with Gasteiger partial charge in [0.1, 0.15) is 5.75 Å². The number of aryl methyl sites for hydroxylation is 1. The van der Waals surface area contributed by atoms with Crippen molar-refractivity contribution in [2.75, 3.05) is 13.7 Å². The second-order valence-corrected chi connectivity index (χ2v) is 4.99. The Morgan fingerprint density at radius 3 is 2.76 bits per heavy atom. The highest BCUT2D eigenvalue weighted by molar-refractivity contribution is 5.91. The first-order valence-electron chi connectivity index (χ1n) is 6.08. The summed E-state index contributed by atoms with van der Waals surface area (Å²) < 4.78 is 5.40. The minimum Gasteiger partial charge on any atom is -0.495 e. The molecule has 90 valence electrons. The van der Waals surface area contributed by atoms with Crippen molar-refractivity contribution in [3.8, 4) is 5.75 Å². The Labute approximate surface area is 101 Å². The van der Waals surface area contributed by atoms with Gasteiger partial charge >= 0.3 is 0 Å². The molecule has 0 unspecified atom stereocenters. The SMILES string of the molecule is COc1cccc2c(C3(CN)CC3)c(C)[nH]c12. The molecule has 3 nitrogen and oxygen atoms in total. The van der Waals surface area contributed by atoms with Crippen molar-refractivity contribution in [2.24, 2.45) is 5.73 Å². The molecule has 3 rings (SSSR count). The summed E-state index contributed by atoms with van der Waals surface area (Å²) in [6.45, 7) is 2.86. The fourth-order valence-electron chi connectivity index (χ4n) is 2.88. The first-order chi connectivity index (χ1) is 8.22. The molecule has 1 fully saturated rings. The number of aromatic amines is 1. The molecule has 0 amide bonds. The average Bonchev–Trinajstić information content (AvgIpc) is 3.05. The largest absolute Gasteiger partial charge is 0.495 e. The number of hydrogen-bond donors (Lipinski definition) is 2. The molecule has 1 aliphatic rings. The fourth-order valence-corrected chi connectivity index (χ4v) is 2.88. The van der Waals surface area contributed by atoms with Crippen LogP contribution in [0, 0.1) is 6.92 Å². The lowest BCUT2D eigenvalue weighted by atomic mass is 9.93. The highest BCUT2D eigenvalue weighted by Gasteiger charge is 2.45. The van der Waals surface area contributed by atoms with Gasteiger partial charge in [0.2, 0.25) is 0 Å². The third kappa shape index (κ3) is 1.39. The van der Waals surface area contributed by atoms with Crippen LogP contribution in [0.25, 0.3) is 10.9 Å². The number of rotatable bonds is 3. The number of benzene rings is 1. The number of para-hydroxylation sites is 1. The summed E-state index contributed by atoms with van der Waals surface area (Å²) in [5.41, 5.74) is 9.89. The molecule has 1 aliphatic carbocycles. The van der Waals surface area contributed by atoms with Crippen molar-refractivity contribution in [2.45, 2.75) is 25.2 Å². The predicted octanol–water partition coefficient (Wildman–Crippen LogP) is 2.48. The molecule has 0 spiro atoms. The van der Waals surface area contributed by atoms with Gasteiger partial charge in [-0.1, -0.05) is 12.1 Å². The predicted molar refractivity (Wildman–Crippen MR) is 69.6 cm³/mol. The van der Waals surface area contributed by atoms with Gasteiger partial charge in [0.25, 0.3) is 0 Å². The monoisotopic (exact) mass is 230 g/mol. The maximum Gasteiger partial charge on any atom is 0.142 e. The molecule has 0 bridgehead atoms. The molecule has 0 radical (unpaired) electrons. The number of hydrogen-bond acceptors (Lipinski definition) is 2. The van der Waals surface area contributed by atoms with E-state index in [0.717, 1.165) is 17.8 Å². The zero-order valence-electron chi connectivity index (χ0n) is 10.3. The van der Waals surface area contributed by atoms with Gasteiger partial charge in [-0.2, -0.15) is 0 Å². The Kier molecular flexibility index (Phi) is 2.20. The summed E-state index contributed by atoms with van der Waals surface area (Å²) in [7, 11) is 1.71. The third-order valence-corrected chi connectivity index (χ3v) is 3.98. The van der Waals surface area contributed by atoms with E-state index in [1.807, 2.05) is 12.1 Å². The summed E-state index contributed by atoms with van der Waals surface area (Å²) in [5.74, 6) is 0.907. The van der Waals surface area contributed by atoms with Crippen molar-refractivity contribution in [3.63, 3.8) is 0 Å². The van der Waals surface area contributed by atoms with Gasteiger partial charge in [-0.05, 0) is 31.4 Å². The second kappa shape index (κ2) is 3.50. The van der Waals surface area contributed by atoms with Crippen molar-refractivity contribution in [1.82, 2.24) is 4.98 Å². The quantitative estimate of drug-likeness (QED) is 0.851. The van der Waals surface area contributed by atoms with E-state index in [-0.39, 0.29) is 5.41 Å². The Bertz CT molecular complexity index is 567.